The van der Waals surface area contributed by atoms with Gasteiger partial charge in [-0.05, 0) is 56.5 Å². The van der Waals surface area contributed by atoms with Crippen molar-refractivity contribution in [1.29, 1.82) is 0 Å². The molecule has 2 fully saturated rings. The van der Waals surface area contributed by atoms with Crippen LogP contribution in [-0.2, 0) is 4.79 Å². The molecule has 3 nitrogen and oxygen atoms in total. The Hall–Kier alpha value is -0.830. The molecule has 1 saturated heterocycles. The van der Waals surface area contributed by atoms with Crippen LogP contribution in [0.3, 0.4) is 0 Å². The molecule has 0 unspecified atom stereocenters. The largest absolute Gasteiger partial charge is 0.369 e. The van der Waals surface area contributed by atoms with E-state index < -0.39 is 0 Å². The van der Waals surface area contributed by atoms with Crippen molar-refractivity contribution in [2.24, 2.45) is 29.4 Å². The summed E-state index contributed by atoms with van der Waals surface area (Å²) in [4.78, 5) is 13.6. The maximum absolute atomic E-state index is 11.1. The molecule has 94 valence electrons. The standard InChI is InChI=1S/C14H22N2O/c15-14(17)11-3-5-16(6-4-11)9-13-8-10-1-2-12(13)7-10/h1-2,10-13H,3-9H2,(H2,15,17)/t10-,12-,13-/m0/s1. The van der Waals surface area contributed by atoms with Gasteiger partial charge in [0, 0.05) is 12.5 Å². The van der Waals surface area contributed by atoms with E-state index in [1.54, 1.807) is 0 Å². The normalized spacial score (nSPS) is 37.8. The molecule has 2 aliphatic carbocycles. The van der Waals surface area contributed by atoms with Gasteiger partial charge < -0.3 is 10.6 Å². The number of hydrogen-bond donors (Lipinski definition) is 1. The number of nitrogens with two attached hydrogens (primary N) is 1. The fourth-order valence-corrected chi connectivity index (χ4v) is 3.84. The van der Waals surface area contributed by atoms with Crippen LogP contribution in [0.4, 0.5) is 0 Å². The summed E-state index contributed by atoms with van der Waals surface area (Å²) in [5.41, 5.74) is 5.36. The molecule has 3 aliphatic rings. The van der Waals surface area contributed by atoms with Gasteiger partial charge in [0.25, 0.3) is 0 Å². The Morgan fingerprint density at radius 1 is 1.24 bits per heavy atom. The summed E-state index contributed by atoms with van der Waals surface area (Å²) >= 11 is 0. The van der Waals surface area contributed by atoms with Crippen LogP contribution in [0.1, 0.15) is 25.7 Å². The molecule has 2 bridgehead atoms. The Balaban J connectivity index is 1.48. The van der Waals surface area contributed by atoms with Crippen molar-refractivity contribution in [3.8, 4) is 0 Å². The van der Waals surface area contributed by atoms with Crippen molar-refractivity contribution < 1.29 is 4.79 Å². The first-order valence-corrected chi connectivity index (χ1v) is 6.92. The van der Waals surface area contributed by atoms with E-state index in [-0.39, 0.29) is 11.8 Å². The highest BCUT2D eigenvalue weighted by atomic mass is 16.1. The minimum absolute atomic E-state index is 0.104. The van der Waals surface area contributed by atoms with E-state index in [1.165, 1.54) is 19.4 Å². The van der Waals surface area contributed by atoms with Crippen LogP contribution >= 0.6 is 0 Å². The molecule has 1 saturated carbocycles. The molecule has 0 aromatic heterocycles. The summed E-state index contributed by atoms with van der Waals surface area (Å²) in [6.07, 6.45) is 9.53. The van der Waals surface area contributed by atoms with Crippen molar-refractivity contribution in [2.45, 2.75) is 25.7 Å². The molecular weight excluding hydrogens is 212 g/mol. The van der Waals surface area contributed by atoms with Crippen LogP contribution in [0.15, 0.2) is 12.2 Å². The summed E-state index contributed by atoms with van der Waals surface area (Å²) in [5.74, 6) is 2.61. The van der Waals surface area contributed by atoms with Crippen LogP contribution < -0.4 is 5.73 Å². The number of carbonyl (C=O) groups is 1. The van der Waals surface area contributed by atoms with E-state index >= 15 is 0 Å². The fraction of sp³-hybridized carbons (Fsp3) is 0.786. The second-order valence-corrected chi connectivity index (χ2v) is 6.02. The van der Waals surface area contributed by atoms with Gasteiger partial charge in [0.2, 0.25) is 5.91 Å². The summed E-state index contributed by atoms with van der Waals surface area (Å²) in [7, 11) is 0. The number of allylic oxidation sites excluding steroid dienone is 2. The zero-order valence-electron chi connectivity index (χ0n) is 10.3. The van der Waals surface area contributed by atoms with Gasteiger partial charge >= 0.3 is 0 Å². The number of piperidine rings is 1. The lowest BCUT2D eigenvalue weighted by Gasteiger charge is -2.33. The molecule has 2 N–H and O–H groups in total. The molecule has 17 heavy (non-hydrogen) atoms. The van der Waals surface area contributed by atoms with Crippen LogP contribution in [0.5, 0.6) is 0 Å². The molecule has 1 amide bonds. The quantitative estimate of drug-likeness (QED) is 0.750. The van der Waals surface area contributed by atoms with Crippen molar-refractivity contribution in [2.75, 3.05) is 19.6 Å². The zero-order valence-corrected chi connectivity index (χ0v) is 10.3. The van der Waals surface area contributed by atoms with Crippen LogP contribution in [0, 0.1) is 23.7 Å². The van der Waals surface area contributed by atoms with Crippen molar-refractivity contribution in [3.63, 3.8) is 0 Å². The highest BCUT2D eigenvalue weighted by Crippen LogP contribution is 2.43. The Kier molecular flexibility index (Phi) is 2.95. The van der Waals surface area contributed by atoms with Gasteiger partial charge in [-0.25, -0.2) is 0 Å². The minimum atomic E-state index is -0.104. The van der Waals surface area contributed by atoms with Crippen molar-refractivity contribution in [1.82, 2.24) is 4.90 Å². The number of primary amides is 1. The van der Waals surface area contributed by atoms with Gasteiger partial charge in [-0.3, -0.25) is 4.79 Å². The average molecular weight is 234 g/mol. The number of likely N-dealkylation sites (tertiary alicyclic amines) is 1. The predicted molar refractivity (Wildman–Crippen MR) is 67.2 cm³/mol. The highest BCUT2D eigenvalue weighted by molar-refractivity contribution is 5.76. The molecule has 0 aromatic carbocycles. The highest BCUT2D eigenvalue weighted by Gasteiger charge is 2.36. The van der Waals surface area contributed by atoms with E-state index in [0.717, 1.165) is 43.7 Å². The van der Waals surface area contributed by atoms with Gasteiger partial charge in [0.05, 0.1) is 0 Å². The van der Waals surface area contributed by atoms with Crippen molar-refractivity contribution >= 4 is 5.91 Å². The fourth-order valence-electron chi connectivity index (χ4n) is 3.84. The monoisotopic (exact) mass is 234 g/mol. The Bertz CT molecular complexity index is 331. The number of carbonyl (C=O) groups excluding carboxylic acids is 1. The second-order valence-electron chi connectivity index (χ2n) is 6.02. The van der Waals surface area contributed by atoms with Crippen LogP contribution in [0.25, 0.3) is 0 Å². The second kappa shape index (κ2) is 4.45. The molecule has 3 heteroatoms. The molecule has 3 rings (SSSR count). The van der Waals surface area contributed by atoms with E-state index in [9.17, 15) is 4.79 Å². The number of rotatable bonds is 3. The molecule has 0 spiro atoms. The van der Waals surface area contributed by atoms with Gasteiger partial charge in [-0.15, -0.1) is 0 Å². The Morgan fingerprint density at radius 3 is 2.53 bits per heavy atom. The van der Waals surface area contributed by atoms with Crippen LogP contribution in [0.2, 0.25) is 0 Å². The topological polar surface area (TPSA) is 46.3 Å². The maximum Gasteiger partial charge on any atom is 0.220 e. The molecule has 0 radical (unpaired) electrons. The summed E-state index contributed by atoms with van der Waals surface area (Å²) < 4.78 is 0. The Labute approximate surface area is 103 Å². The minimum Gasteiger partial charge on any atom is -0.369 e. The maximum atomic E-state index is 11.1. The summed E-state index contributed by atoms with van der Waals surface area (Å²) in [6, 6.07) is 0. The number of hydrogen-bond acceptors (Lipinski definition) is 2. The molecule has 0 aromatic rings. The lowest BCUT2D eigenvalue weighted by Crippen LogP contribution is -2.41. The lowest BCUT2D eigenvalue weighted by atomic mass is 9.91. The summed E-state index contributed by atoms with van der Waals surface area (Å²) in [5, 5.41) is 0. The number of nitrogens with zero attached hydrogens (tertiary/aromatic N) is 1. The third-order valence-corrected chi connectivity index (χ3v) is 4.90. The first kappa shape index (κ1) is 11.3. The average Bonchev–Trinajstić information content (AvgIpc) is 2.91. The molecule has 3 atom stereocenters. The molecular formula is C14H22N2O. The van der Waals surface area contributed by atoms with E-state index in [0.29, 0.717) is 0 Å². The van der Waals surface area contributed by atoms with Gasteiger partial charge in [-0.1, -0.05) is 12.2 Å². The first-order valence-electron chi connectivity index (χ1n) is 6.92. The number of fused-ring (bicyclic) bond motifs is 2. The Morgan fingerprint density at radius 2 is 2.00 bits per heavy atom. The van der Waals surface area contributed by atoms with Gasteiger partial charge in [0.1, 0.15) is 0 Å². The molecule has 1 heterocycles. The van der Waals surface area contributed by atoms with Crippen LogP contribution in [-0.4, -0.2) is 30.4 Å². The van der Waals surface area contributed by atoms with Gasteiger partial charge in [-0.2, -0.15) is 0 Å². The SMILES string of the molecule is NC(=O)C1CCN(C[C@@H]2C[C@H]3C=C[C@H]2C3)CC1. The summed E-state index contributed by atoms with van der Waals surface area (Å²) in [6.45, 7) is 3.35. The smallest absolute Gasteiger partial charge is 0.220 e. The zero-order chi connectivity index (χ0) is 11.8. The number of amides is 1. The predicted octanol–water partition coefficient (Wildman–Crippen LogP) is 1.40. The third kappa shape index (κ3) is 2.25. The molecule has 1 aliphatic heterocycles. The van der Waals surface area contributed by atoms with Gasteiger partial charge in [0.15, 0.2) is 0 Å². The van der Waals surface area contributed by atoms with E-state index in [2.05, 4.69) is 17.1 Å². The third-order valence-electron chi connectivity index (χ3n) is 4.90. The van der Waals surface area contributed by atoms with E-state index in [4.69, 9.17) is 5.73 Å². The first-order chi connectivity index (χ1) is 8.22. The van der Waals surface area contributed by atoms with E-state index in [1.807, 2.05) is 0 Å². The van der Waals surface area contributed by atoms with Crippen molar-refractivity contribution in [3.05, 3.63) is 12.2 Å². The lowest BCUT2D eigenvalue weighted by molar-refractivity contribution is -0.123.